The van der Waals surface area contributed by atoms with Gasteiger partial charge in [0.05, 0.1) is 23.3 Å². The monoisotopic (exact) mass is 476 g/mol. The van der Waals surface area contributed by atoms with Gasteiger partial charge in [0.15, 0.2) is 0 Å². The fraction of sp³-hybridized carbons (Fsp3) is 0. The number of benzene rings is 5. The van der Waals surface area contributed by atoms with E-state index in [1.165, 1.54) is 20.2 Å². The van der Waals surface area contributed by atoms with E-state index in [0.29, 0.717) is 11.1 Å². The molecule has 36 heavy (non-hydrogen) atoms. The molecule has 2 aromatic heterocycles. The Morgan fingerprint density at radius 3 is 2.08 bits per heavy atom. The lowest BCUT2D eigenvalue weighted by atomic mass is 9.95. The third kappa shape index (κ3) is 3.10. The normalized spacial score (nSPS) is 11.3. The Bertz CT molecular complexity index is 2050. The maximum Gasteiger partial charge on any atom is 0.136 e. The lowest BCUT2D eigenvalue weighted by molar-refractivity contribution is 0.669. The standard InChI is InChI=1S/C32H16N2OS/c33-17-19-12-20(18-34)14-23(13-19)24-5-3-6-29-32(24)27-16-21(8-10-28(27)35-29)22-9-11-31-26(15-22)25-4-1-2-7-30(25)36-31/h1-16H. The zero-order chi connectivity index (χ0) is 24.2. The SMILES string of the molecule is N#Cc1cc(C#N)cc(-c2cccc3oc4ccc(-c5ccc6sc7ccccc7c6c5)cc4c23)c1. The van der Waals surface area contributed by atoms with E-state index in [4.69, 9.17) is 4.42 Å². The van der Waals surface area contributed by atoms with Crippen LogP contribution in [-0.4, -0.2) is 0 Å². The van der Waals surface area contributed by atoms with Gasteiger partial charge in [0.25, 0.3) is 0 Å². The second kappa shape index (κ2) is 7.82. The molecule has 0 fully saturated rings. The van der Waals surface area contributed by atoms with Gasteiger partial charge in [-0.25, -0.2) is 0 Å². The summed E-state index contributed by atoms with van der Waals surface area (Å²) in [6.07, 6.45) is 0. The average molecular weight is 477 g/mol. The van der Waals surface area contributed by atoms with Gasteiger partial charge in [-0.15, -0.1) is 11.3 Å². The first-order valence-corrected chi connectivity index (χ1v) is 12.4. The fourth-order valence-corrected chi connectivity index (χ4v) is 6.15. The van der Waals surface area contributed by atoms with Crippen molar-refractivity contribution < 1.29 is 4.42 Å². The minimum Gasteiger partial charge on any atom is -0.456 e. The molecule has 0 spiro atoms. The predicted molar refractivity (Wildman–Crippen MR) is 147 cm³/mol. The summed E-state index contributed by atoms with van der Waals surface area (Å²) >= 11 is 1.82. The first-order valence-electron chi connectivity index (χ1n) is 11.5. The summed E-state index contributed by atoms with van der Waals surface area (Å²) in [5.74, 6) is 0. The van der Waals surface area contributed by atoms with Gasteiger partial charge in [-0.3, -0.25) is 0 Å². The van der Waals surface area contributed by atoms with Crippen molar-refractivity contribution in [3.05, 3.63) is 108 Å². The van der Waals surface area contributed by atoms with Gasteiger partial charge in [0.2, 0.25) is 0 Å². The van der Waals surface area contributed by atoms with Gasteiger partial charge < -0.3 is 4.42 Å². The maximum atomic E-state index is 9.48. The Balaban J connectivity index is 1.46. The summed E-state index contributed by atoms with van der Waals surface area (Å²) in [7, 11) is 0. The fourth-order valence-electron chi connectivity index (χ4n) is 5.06. The van der Waals surface area contributed by atoms with Gasteiger partial charge in [-0.1, -0.05) is 42.5 Å². The molecular formula is C32H16N2OS. The van der Waals surface area contributed by atoms with Gasteiger partial charge >= 0.3 is 0 Å². The van der Waals surface area contributed by atoms with Gasteiger partial charge in [-0.2, -0.15) is 10.5 Å². The van der Waals surface area contributed by atoms with E-state index < -0.39 is 0 Å². The van der Waals surface area contributed by atoms with Gasteiger partial charge in [0.1, 0.15) is 11.2 Å². The Morgan fingerprint density at radius 1 is 0.556 bits per heavy atom. The molecule has 5 aromatic carbocycles. The van der Waals surface area contributed by atoms with E-state index >= 15 is 0 Å². The quantitative estimate of drug-likeness (QED) is 0.250. The largest absolute Gasteiger partial charge is 0.456 e. The molecule has 7 rings (SSSR count). The molecule has 0 radical (unpaired) electrons. The first kappa shape index (κ1) is 20.5. The molecule has 0 bridgehead atoms. The highest BCUT2D eigenvalue weighted by molar-refractivity contribution is 7.25. The molecule has 7 aromatic rings. The second-order valence-electron chi connectivity index (χ2n) is 8.82. The summed E-state index contributed by atoms with van der Waals surface area (Å²) in [4.78, 5) is 0. The summed E-state index contributed by atoms with van der Waals surface area (Å²) in [6.45, 7) is 0. The molecule has 0 atom stereocenters. The van der Waals surface area contributed by atoms with Crippen molar-refractivity contribution in [3.63, 3.8) is 0 Å². The van der Waals surface area contributed by atoms with E-state index in [-0.39, 0.29) is 0 Å². The van der Waals surface area contributed by atoms with Crippen molar-refractivity contribution in [3.8, 4) is 34.4 Å². The van der Waals surface area contributed by atoms with Crippen LogP contribution in [0, 0.1) is 22.7 Å². The van der Waals surface area contributed by atoms with Crippen molar-refractivity contribution in [2.45, 2.75) is 0 Å². The number of fused-ring (bicyclic) bond motifs is 6. The molecular weight excluding hydrogens is 460 g/mol. The third-order valence-electron chi connectivity index (χ3n) is 6.71. The molecule has 0 N–H and O–H groups in total. The van der Waals surface area contributed by atoms with Crippen LogP contribution >= 0.6 is 11.3 Å². The highest BCUT2D eigenvalue weighted by Gasteiger charge is 2.15. The number of hydrogen-bond donors (Lipinski definition) is 0. The molecule has 0 saturated carbocycles. The molecule has 3 nitrogen and oxygen atoms in total. The number of thiophene rings is 1. The van der Waals surface area contributed by atoms with Crippen molar-refractivity contribution in [2.75, 3.05) is 0 Å². The summed E-state index contributed by atoms with van der Waals surface area (Å²) in [6, 6.07) is 37.0. The van der Waals surface area contributed by atoms with Crippen molar-refractivity contribution in [1.29, 1.82) is 10.5 Å². The van der Waals surface area contributed by atoms with E-state index in [2.05, 4.69) is 66.7 Å². The molecule has 0 aliphatic heterocycles. The lowest BCUT2D eigenvalue weighted by Gasteiger charge is -2.06. The van der Waals surface area contributed by atoms with Crippen LogP contribution in [0.4, 0.5) is 0 Å². The first-order chi connectivity index (χ1) is 17.7. The smallest absolute Gasteiger partial charge is 0.136 e. The van der Waals surface area contributed by atoms with Crippen molar-refractivity contribution in [1.82, 2.24) is 0 Å². The molecule has 0 aliphatic rings. The third-order valence-corrected chi connectivity index (χ3v) is 7.86. The van der Waals surface area contributed by atoms with Crippen LogP contribution in [0.25, 0.3) is 64.4 Å². The van der Waals surface area contributed by atoms with E-state index in [9.17, 15) is 10.5 Å². The zero-order valence-electron chi connectivity index (χ0n) is 18.9. The lowest BCUT2D eigenvalue weighted by Crippen LogP contribution is -1.85. The maximum absolute atomic E-state index is 9.48. The van der Waals surface area contributed by atoms with Crippen LogP contribution in [0.2, 0.25) is 0 Å². The van der Waals surface area contributed by atoms with Crippen molar-refractivity contribution in [2.24, 2.45) is 0 Å². The van der Waals surface area contributed by atoms with Crippen LogP contribution in [0.15, 0.2) is 101 Å². The Labute approximate surface area is 210 Å². The van der Waals surface area contributed by atoms with Crippen LogP contribution in [-0.2, 0) is 0 Å². The zero-order valence-corrected chi connectivity index (χ0v) is 19.8. The van der Waals surface area contributed by atoms with Gasteiger partial charge in [0, 0.05) is 30.9 Å². The number of furan rings is 1. The minimum atomic E-state index is 0.464. The van der Waals surface area contributed by atoms with Crippen LogP contribution in [0.3, 0.4) is 0 Å². The van der Waals surface area contributed by atoms with Crippen LogP contribution < -0.4 is 0 Å². The Kier molecular flexibility index (Phi) is 4.45. The van der Waals surface area contributed by atoms with E-state index in [1.807, 2.05) is 47.7 Å². The Morgan fingerprint density at radius 2 is 1.28 bits per heavy atom. The molecule has 0 saturated heterocycles. The van der Waals surface area contributed by atoms with E-state index in [1.54, 1.807) is 6.07 Å². The second-order valence-corrected chi connectivity index (χ2v) is 9.91. The predicted octanol–water partition coefficient (Wildman–Crippen LogP) is 9.03. The Hall–Kier alpha value is -4.90. The molecule has 0 amide bonds. The van der Waals surface area contributed by atoms with Crippen LogP contribution in [0.1, 0.15) is 11.1 Å². The summed E-state index contributed by atoms with van der Waals surface area (Å²) in [5.41, 5.74) is 6.54. The molecule has 166 valence electrons. The van der Waals surface area contributed by atoms with Crippen molar-refractivity contribution >= 4 is 53.4 Å². The molecule has 4 heteroatoms. The number of nitrogens with zero attached hydrogens (tertiary/aromatic N) is 2. The number of nitriles is 2. The number of rotatable bonds is 2. The molecule has 2 heterocycles. The molecule has 0 unspecified atom stereocenters. The number of hydrogen-bond acceptors (Lipinski definition) is 4. The molecule has 0 aliphatic carbocycles. The average Bonchev–Trinajstić information content (AvgIpc) is 3.50. The minimum absolute atomic E-state index is 0.464. The highest BCUT2D eigenvalue weighted by atomic mass is 32.1. The summed E-state index contributed by atoms with van der Waals surface area (Å²) < 4.78 is 8.78. The summed E-state index contributed by atoms with van der Waals surface area (Å²) in [5, 5.41) is 23.5. The van der Waals surface area contributed by atoms with Gasteiger partial charge in [-0.05, 0) is 76.9 Å². The topological polar surface area (TPSA) is 60.7 Å². The highest BCUT2D eigenvalue weighted by Crippen LogP contribution is 2.40. The van der Waals surface area contributed by atoms with E-state index in [0.717, 1.165) is 44.2 Å². The van der Waals surface area contributed by atoms with Crippen LogP contribution in [0.5, 0.6) is 0 Å².